The van der Waals surface area contributed by atoms with Crippen LogP contribution in [0.1, 0.15) is 5.56 Å². The van der Waals surface area contributed by atoms with Crippen molar-refractivity contribution >= 4 is 0 Å². The van der Waals surface area contributed by atoms with Gasteiger partial charge in [-0.3, -0.25) is 9.58 Å². The summed E-state index contributed by atoms with van der Waals surface area (Å²) in [5.74, 6) is 0.678. The second kappa shape index (κ2) is 6.26. The van der Waals surface area contributed by atoms with Gasteiger partial charge in [0.2, 0.25) is 0 Å². The molecule has 0 radical (unpaired) electrons. The van der Waals surface area contributed by atoms with E-state index in [1.165, 1.54) is 5.56 Å². The van der Waals surface area contributed by atoms with Crippen LogP contribution in [0.4, 0.5) is 0 Å². The SMILES string of the molecule is c1ncc(-c2ccc(CN3CC(Cn4cncn4)C3)cc2)cn1. The summed E-state index contributed by atoms with van der Waals surface area (Å²) in [6, 6.07) is 8.65. The van der Waals surface area contributed by atoms with Gasteiger partial charge in [-0.05, 0) is 11.1 Å². The molecule has 3 aromatic rings. The average molecular weight is 306 g/mol. The molecule has 23 heavy (non-hydrogen) atoms. The molecule has 0 atom stereocenters. The van der Waals surface area contributed by atoms with Crippen LogP contribution in [0.5, 0.6) is 0 Å². The Morgan fingerprint density at radius 1 is 0.913 bits per heavy atom. The van der Waals surface area contributed by atoms with E-state index in [0.717, 1.165) is 37.3 Å². The highest BCUT2D eigenvalue weighted by atomic mass is 15.3. The topological polar surface area (TPSA) is 59.7 Å². The number of rotatable bonds is 5. The summed E-state index contributed by atoms with van der Waals surface area (Å²) in [7, 11) is 0. The number of benzene rings is 1. The second-order valence-electron chi connectivity index (χ2n) is 6.00. The van der Waals surface area contributed by atoms with Gasteiger partial charge < -0.3 is 0 Å². The molecule has 1 aromatic carbocycles. The van der Waals surface area contributed by atoms with Crippen molar-refractivity contribution in [3.8, 4) is 11.1 Å². The molecule has 116 valence electrons. The molecule has 0 spiro atoms. The van der Waals surface area contributed by atoms with Crippen molar-refractivity contribution in [2.24, 2.45) is 5.92 Å². The fourth-order valence-corrected chi connectivity index (χ4v) is 3.02. The van der Waals surface area contributed by atoms with Crippen molar-refractivity contribution < 1.29 is 0 Å². The highest BCUT2D eigenvalue weighted by molar-refractivity contribution is 5.61. The van der Waals surface area contributed by atoms with Crippen molar-refractivity contribution in [1.82, 2.24) is 29.6 Å². The summed E-state index contributed by atoms with van der Waals surface area (Å²) in [4.78, 5) is 14.6. The third-order valence-corrected chi connectivity index (χ3v) is 4.20. The quantitative estimate of drug-likeness (QED) is 0.720. The maximum atomic E-state index is 4.16. The lowest BCUT2D eigenvalue weighted by Gasteiger charge is -2.39. The maximum Gasteiger partial charge on any atom is 0.137 e. The first-order valence-corrected chi connectivity index (χ1v) is 7.76. The molecule has 6 heteroatoms. The van der Waals surface area contributed by atoms with Gasteiger partial charge in [0.25, 0.3) is 0 Å². The molecule has 0 bridgehead atoms. The van der Waals surface area contributed by atoms with E-state index in [1.54, 1.807) is 19.0 Å². The van der Waals surface area contributed by atoms with Crippen LogP contribution < -0.4 is 0 Å². The van der Waals surface area contributed by atoms with E-state index >= 15 is 0 Å². The predicted octanol–water partition coefficient (Wildman–Crippen LogP) is 1.87. The van der Waals surface area contributed by atoms with Gasteiger partial charge in [0.15, 0.2) is 0 Å². The van der Waals surface area contributed by atoms with Crippen molar-refractivity contribution in [2.45, 2.75) is 13.1 Å². The summed E-state index contributed by atoms with van der Waals surface area (Å²) in [6.45, 7) is 4.20. The van der Waals surface area contributed by atoms with Crippen LogP contribution >= 0.6 is 0 Å². The number of hydrogen-bond acceptors (Lipinski definition) is 5. The highest BCUT2D eigenvalue weighted by Gasteiger charge is 2.26. The van der Waals surface area contributed by atoms with Gasteiger partial charge in [0.1, 0.15) is 19.0 Å². The second-order valence-corrected chi connectivity index (χ2v) is 6.00. The first-order valence-electron chi connectivity index (χ1n) is 7.76. The van der Waals surface area contributed by atoms with Gasteiger partial charge in [-0.1, -0.05) is 24.3 Å². The number of hydrogen-bond donors (Lipinski definition) is 0. The average Bonchev–Trinajstić information content (AvgIpc) is 3.07. The molecule has 1 aliphatic heterocycles. The van der Waals surface area contributed by atoms with E-state index in [2.05, 4.69) is 49.2 Å². The smallest absolute Gasteiger partial charge is 0.137 e. The van der Waals surface area contributed by atoms with E-state index in [-0.39, 0.29) is 0 Å². The van der Waals surface area contributed by atoms with Crippen LogP contribution in [0.15, 0.2) is 55.6 Å². The lowest BCUT2D eigenvalue weighted by atomic mass is 9.99. The summed E-state index contributed by atoms with van der Waals surface area (Å²) in [5.41, 5.74) is 3.54. The molecular weight excluding hydrogens is 288 g/mol. The Balaban J connectivity index is 1.31. The molecule has 4 rings (SSSR count). The van der Waals surface area contributed by atoms with E-state index in [0.29, 0.717) is 5.92 Å². The first-order chi connectivity index (χ1) is 11.4. The van der Waals surface area contributed by atoms with Crippen molar-refractivity contribution in [2.75, 3.05) is 13.1 Å². The van der Waals surface area contributed by atoms with Crippen LogP contribution in [0, 0.1) is 5.92 Å². The fraction of sp³-hybridized carbons (Fsp3) is 0.294. The molecule has 3 heterocycles. The van der Waals surface area contributed by atoms with E-state index < -0.39 is 0 Å². The lowest BCUT2D eigenvalue weighted by molar-refractivity contribution is 0.0777. The third-order valence-electron chi connectivity index (χ3n) is 4.20. The number of likely N-dealkylation sites (tertiary alicyclic amines) is 1. The predicted molar refractivity (Wildman–Crippen MR) is 86.3 cm³/mol. The molecule has 0 amide bonds. The third kappa shape index (κ3) is 3.27. The molecule has 2 aromatic heterocycles. The van der Waals surface area contributed by atoms with Gasteiger partial charge in [0, 0.05) is 50.1 Å². The van der Waals surface area contributed by atoms with Crippen molar-refractivity contribution in [3.63, 3.8) is 0 Å². The van der Waals surface area contributed by atoms with Crippen LogP contribution in [0.3, 0.4) is 0 Å². The Morgan fingerprint density at radius 3 is 2.39 bits per heavy atom. The van der Waals surface area contributed by atoms with Gasteiger partial charge in [-0.15, -0.1) is 0 Å². The maximum absolute atomic E-state index is 4.16. The minimum atomic E-state index is 0.678. The zero-order valence-electron chi connectivity index (χ0n) is 12.8. The largest absolute Gasteiger partial charge is 0.298 e. The minimum Gasteiger partial charge on any atom is -0.298 e. The summed E-state index contributed by atoms with van der Waals surface area (Å²) < 4.78 is 1.92. The highest BCUT2D eigenvalue weighted by Crippen LogP contribution is 2.22. The Hall–Kier alpha value is -2.60. The van der Waals surface area contributed by atoms with Crippen LogP contribution in [0.25, 0.3) is 11.1 Å². The molecule has 0 N–H and O–H groups in total. The Bertz CT molecular complexity index is 733. The molecular formula is C17H18N6. The Labute approximate surface area is 134 Å². The van der Waals surface area contributed by atoms with Gasteiger partial charge in [-0.25, -0.2) is 15.0 Å². The van der Waals surface area contributed by atoms with Gasteiger partial charge in [0.05, 0.1) is 0 Å². The van der Waals surface area contributed by atoms with Crippen molar-refractivity contribution in [3.05, 3.63) is 61.2 Å². The molecule has 0 saturated carbocycles. The van der Waals surface area contributed by atoms with E-state index in [9.17, 15) is 0 Å². The summed E-state index contributed by atoms with van der Waals surface area (Å²) in [5, 5.41) is 4.16. The standard InChI is InChI=1S/C17H18N6/c1-3-16(17-5-18-11-19-6-17)4-2-14(1)7-22-8-15(9-22)10-23-13-20-12-21-23/h1-6,11-13,15H,7-10H2. The monoisotopic (exact) mass is 306 g/mol. The molecule has 1 fully saturated rings. The zero-order valence-corrected chi connectivity index (χ0v) is 12.8. The number of nitrogens with zero attached hydrogens (tertiary/aromatic N) is 6. The first kappa shape index (κ1) is 14.0. The van der Waals surface area contributed by atoms with E-state index in [1.807, 2.05) is 17.1 Å². The molecule has 1 aliphatic rings. The fourth-order valence-electron chi connectivity index (χ4n) is 3.02. The molecule has 0 unspecified atom stereocenters. The molecule has 1 saturated heterocycles. The van der Waals surface area contributed by atoms with Crippen molar-refractivity contribution in [1.29, 1.82) is 0 Å². The van der Waals surface area contributed by atoms with Gasteiger partial charge >= 0.3 is 0 Å². The minimum absolute atomic E-state index is 0.678. The lowest BCUT2D eigenvalue weighted by Crippen LogP contribution is -2.47. The molecule has 0 aliphatic carbocycles. The van der Waals surface area contributed by atoms with Gasteiger partial charge in [-0.2, -0.15) is 5.10 Å². The molecule has 6 nitrogen and oxygen atoms in total. The summed E-state index contributed by atoms with van der Waals surface area (Å²) >= 11 is 0. The normalized spacial score (nSPS) is 15.5. The van der Waals surface area contributed by atoms with Crippen LogP contribution in [0.2, 0.25) is 0 Å². The Morgan fingerprint density at radius 2 is 1.70 bits per heavy atom. The zero-order chi connectivity index (χ0) is 15.5. The number of aromatic nitrogens is 5. The van der Waals surface area contributed by atoms with Crippen LogP contribution in [-0.2, 0) is 13.1 Å². The Kier molecular flexibility index (Phi) is 3.81. The van der Waals surface area contributed by atoms with Crippen LogP contribution in [-0.4, -0.2) is 42.7 Å². The summed E-state index contributed by atoms with van der Waals surface area (Å²) in [6.07, 6.45) is 8.61. The van der Waals surface area contributed by atoms with E-state index in [4.69, 9.17) is 0 Å².